The van der Waals surface area contributed by atoms with Gasteiger partial charge in [-0.2, -0.15) is 0 Å². The first kappa shape index (κ1) is 21.7. The first-order chi connectivity index (χ1) is 14.3. The van der Waals surface area contributed by atoms with Crippen LogP contribution in [0.2, 0.25) is 0 Å². The number of carbonyl (C=O) groups excluding carboxylic acids is 1. The Morgan fingerprint density at radius 1 is 1.03 bits per heavy atom. The molecule has 1 aromatic carbocycles. The third kappa shape index (κ3) is 5.41. The zero-order chi connectivity index (χ0) is 21.3. The molecule has 2 heterocycles. The van der Waals surface area contributed by atoms with Crippen molar-refractivity contribution < 1.29 is 17.9 Å². The van der Waals surface area contributed by atoms with Crippen molar-refractivity contribution in [1.82, 2.24) is 14.5 Å². The normalized spacial score (nSPS) is 26.7. The lowest BCUT2D eigenvalue weighted by Crippen LogP contribution is -2.48. The number of amides is 1. The maximum absolute atomic E-state index is 12.9. The molecule has 1 aromatic rings. The van der Waals surface area contributed by atoms with Gasteiger partial charge in [0.05, 0.1) is 17.1 Å². The molecule has 2 atom stereocenters. The van der Waals surface area contributed by atoms with E-state index in [2.05, 4.69) is 23.5 Å². The number of likely N-dealkylation sites (tertiary alicyclic amines) is 1. The molecule has 1 N–H and O–H groups in total. The molecule has 0 aromatic heterocycles. The third-order valence-electron chi connectivity index (χ3n) is 6.22. The predicted octanol–water partition coefficient (Wildman–Crippen LogP) is 2.09. The van der Waals surface area contributed by atoms with Crippen LogP contribution >= 0.6 is 0 Å². The summed E-state index contributed by atoms with van der Waals surface area (Å²) in [5.74, 6) is 0.591. The molecule has 4 rings (SSSR count). The van der Waals surface area contributed by atoms with E-state index >= 15 is 0 Å². The van der Waals surface area contributed by atoms with Gasteiger partial charge in [0.1, 0.15) is 0 Å². The molecule has 1 amide bonds. The Labute approximate surface area is 179 Å². The number of morpholine rings is 1. The molecule has 2 aliphatic heterocycles. The van der Waals surface area contributed by atoms with Crippen molar-refractivity contribution in [2.45, 2.75) is 62.7 Å². The highest BCUT2D eigenvalue weighted by Crippen LogP contribution is 2.24. The summed E-state index contributed by atoms with van der Waals surface area (Å²) in [5.41, 5.74) is 0.551. The fourth-order valence-electron chi connectivity index (χ4n) is 4.57. The molecule has 0 radical (unpaired) electrons. The van der Waals surface area contributed by atoms with Crippen molar-refractivity contribution in [3.63, 3.8) is 0 Å². The van der Waals surface area contributed by atoms with Gasteiger partial charge in [-0.3, -0.25) is 9.69 Å². The van der Waals surface area contributed by atoms with E-state index in [4.69, 9.17) is 4.74 Å². The Hall–Kier alpha value is -1.48. The van der Waals surface area contributed by atoms with Crippen LogP contribution in [0, 0.1) is 5.92 Å². The highest BCUT2D eigenvalue weighted by molar-refractivity contribution is 7.89. The van der Waals surface area contributed by atoms with Gasteiger partial charge >= 0.3 is 0 Å². The molecule has 1 saturated carbocycles. The lowest BCUT2D eigenvalue weighted by Gasteiger charge is -2.39. The molecule has 3 fully saturated rings. The summed E-state index contributed by atoms with van der Waals surface area (Å²) in [6.07, 6.45) is 4.36. The first-order valence-corrected chi connectivity index (χ1v) is 12.6. The Bertz CT molecular complexity index is 836. The van der Waals surface area contributed by atoms with E-state index in [0.29, 0.717) is 11.5 Å². The summed E-state index contributed by atoms with van der Waals surface area (Å²) >= 11 is 0. The molecule has 3 aliphatic rings. The van der Waals surface area contributed by atoms with Crippen LogP contribution in [0.4, 0.5) is 0 Å². The van der Waals surface area contributed by atoms with Crippen molar-refractivity contribution in [3.05, 3.63) is 29.8 Å². The van der Waals surface area contributed by atoms with Crippen LogP contribution in [0.1, 0.15) is 49.9 Å². The molecule has 1 aliphatic carbocycles. The number of rotatable bonds is 6. The van der Waals surface area contributed by atoms with Crippen molar-refractivity contribution in [1.29, 1.82) is 0 Å². The molecule has 2 unspecified atom stereocenters. The summed E-state index contributed by atoms with van der Waals surface area (Å²) in [4.78, 5) is 17.5. The molecule has 8 heteroatoms. The predicted molar refractivity (Wildman–Crippen MR) is 115 cm³/mol. The number of benzene rings is 1. The molecule has 166 valence electrons. The Morgan fingerprint density at radius 3 is 2.20 bits per heavy atom. The molecule has 0 spiro atoms. The van der Waals surface area contributed by atoms with E-state index in [1.807, 2.05) is 4.90 Å². The second-order valence-electron chi connectivity index (χ2n) is 9.13. The minimum Gasteiger partial charge on any atom is -0.373 e. The van der Waals surface area contributed by atoms with Gasteiger partial charge in [-0.05, 0) is 69.7 Å². The van der Waals surface area contributed by atoms with Crippen LogP contribution in [-0.4, -0.2) is 75.1 Å². The number of hydrogen-bond donors (Lipinski definition) is 1. The SMILES string of the molecule is CC1CN(CC2CCN(C(=O)c3ccc(S(=O)(=O)NC4CC4)cc3)CC2)CC(C)O1. The number of hydrogen-bond acceptors (Lipinski definition) is 5. The van der Waals surface area contributed by atoms with Gasteiger partial charge in [-0.1, -0.05) is 0 Å². The molecule has 7 nitrogen and oxygen atoms in total. The number of nitrogens with zero attached hydrogens (tertiary/aromatic N) is 2. The minimum absolute atomic E-state index is 0.0128. The van der Waals surface area contributed by atoms with Gasteiger partial charge in [0, 0.05) is 44.3 Å². The van der Waals surface area contributed by atoms with Crippen molar-refractivity contribution in [2.75, 3.05) is 32.7 Å². The zero-order valence-corrected chi connectivity index (χ0v) is 18.7. The van der Waals surface area contributed by atoms with Crippen LogP contribution in [-0.2, 0) is 14.8 Å². The lowest BCUT2D eigenvalue weighted by atomic mass is 9.95. The highest BCUT2D eigenvalue weighted by Gasteiger charge is 2.30. The summed E-state index contributed by atoms with van der Waals surface area (Å²) in [5, 5.41) is 0. The average molecular weight is 436 g/mol. The lowest BCUT2D eigenvalue weighted by molar-refractivity contribution is -0.0728. The summed E-state index contributed by atoms with van der Waals surface area (Å²) < 4.78 is 33.1. The van der Waals surface area contributed by atoms with E-state index < -0.39 is 10.0 Å². The standard InChI is InChI=1S/C22H33N3O4S/c1-16-13-24(14-17(2)29-16)15-18-9-11-25(12-10-18)22(26)19-3-7-21(8-4-19)30(27,28)23-20-5-6-20/h3-4,7-8,16-18,20,23H,5-6,9-15H2,1-2H3. The number of ether oxygens (including phenoxy) is 1. The Morgan fingerprint density at radius 2 is 1.63 bits per heavy atom. The van der Waals surface area contributed by atoms with E-state index in [1.54, 1.807) is 12.1 Å². The molecular formula is C22H33N3O4S. The fraction of sp³-hybridized carbons (Fsp3) is 0.682. The quantitative estimate of drug-likeness (QED) is 0.740. The molecule has 30 heavy (non-hydrogen) atoms. The Balaban J connectivity index is 1.28. The number of carbonyl (C=O) groups is 1. The van der Waals surface area contributed by atoms with Gasteiger partial charge in [-0.25, -0.2) is 13.1 Å². The average Bonchev–Trinajstić information content (AvgIpc) is 3.51. The smallest absolute Gasteiger partial charge is 0.253 e. The summed E-state index contributed by atoms with van der Waals surface area (Å²) in [6, 6.07) is 6.40. The van der Waals surface area contributed by atoms with E-state index in [-0.39, 0.29) is 29.1 Å². The van der Waals surface area contributed by atoms with Gasteiger partial charge in [0.25, 0.3) is 5.91 Å². The van der Waals surface area contributed by atoms with Crippen LogP contribution in [0.5, 0.6) is 0 Å². The third-order valence-corrected chi connectivity index (χ3v) is 7.76. The van der Waals surface area contributed by atoms with Gasteiger partial charge in [-0.15, -0.1) is 0 Å². The second-order valence-corrected chi connectivity index (χ2v) is 10.8. The molecular weight excluding hydrogens is 402 g/mol. The number of nitrogens with one attached hydrogen (secondary N) is 1. The number of sulfonamides is 1. The summed E-state index contributed by atoms with van der Waals surface area (Å²) in [7, 11) is -3.48. The zero-order valence-electron chi connectivity index (χ0n) is 17.9. The van der Waals surface area contributed by atoms with Crippen molar-refractivity contribution >= 4 is 15.9 Å². The van der Waals surface area contributed by atoms with Crippen molar-refractivity contribution in [3.8, 4) is 0 Å². The Kier molecular flexibility index (Phi) is 6.48. The monoisotopic (exact) mass is 435 g/mol. The van der Waals surface area contributed by atoms with E-state index in [9.17, 15) is 13.2 Å². The van der Waals surface area contributed by atoms with E-state index in [0.717, 1.165) is 58.4 Å². The van der Waals surface area contributed by atoms with Crippen LogP contribution in [0.3, 0.4) is 0 Å². The van der Waals surface area contributed by atoms with Crippen molar-refractivity contribution in [2.24, 2.45) is 5.92 Å². The van der Waals surface area contributed by atoms with E-state index in [1.165, 1.54) is 12.1 Å². The van der Waals surface area contributed by atoms with Gasteiger partial charge in [0.2, 0.25) is 10.0 Å². The maximum Gasteiger partial charge on any atom is 0.253 e. The maximum atomic E-state index is 12.9. The number of piperidine rings is 1. The highest BCUT2D eigenvalue weighted by atomic mass is 32.2. The van der Waals surface area contributed by atoms with Gasteiger partial charge < -0.3 is 9.64 Å². The fourth-order valence-corrected chi connectivity index (χ4v) is 5.87. The largest absolute Gasteiger partial charge is 0.373 e. The van der Waals surface area contributed by atoms with Crippen LogP contribution < -0.4 is 4.72 Å². The van der Waals surface area contributed by atoms with Crippen LogP contribution in [0.15, 0.2) is 29.2 Å². The molecule has 0 bridgehead atoms. The van der Waals surface area contributed by atoms with Gasteiger partial charge in [0.15, 0.2) is 0 Å². The topological polar surface area (TPSA) is 79.0 Å². The summed E-state index contributed by atoms with van der Waals surface area (Å²) in [6.45, 7) is 8.79. The van der Waals surface area contributed by atoms with Crippen LogP contribution in [0.25, 0.3) is 0 Å². The minimum atomic E-state index is -3.48. The molecule has 2 saturated heterocycles. The first-order valence-electron chi connectivity index (χ1n) is 11.1. The second kappa shape index (κ2) is 8.94.